The molecular formula is C16H15FN2O2. The molecule has 0 aliphatic rings. The van der Waals surface area contributed by atoms with E-state index in [4.69, 9.17) is 20.5 Å². The highest BCUT2D eigenvalue weighted by atomic mass is 19.1. The number of hydrogen-bond acceptors (Lipinski definition) is 4. The topological polar surface area (TPSA) is 68.3 Å². The number of nitriles is 1. The van der Waals surface area contributed by atoms with Crippen LogP contribution in [-0.2, 0) is 13.2 Å². The molecule has 5 heteroatoms. The zero-order valence-electron chi connectivity index (χ0n) is 11.6. The molecule has 21 heavy (non-hydrogen) atoms. The molecule has 0 aliphatic heterocycles. The smallest absolute Gasteiger partial charge is 0.166 e. The first-order valence-corrected chi connectivity index (χ1v) is 6.37. The summed E-state index contributed by atoms with van der Waals surface area (Å²) in [4.78, 5) is 0. The Morgan fingerprint density at radius 2 is 2.05 bits per heavy atom. The van der Waals surface area contributed by atoms with Gasteiger partial charge in [0, 0.05) is 17.7 Å². The molecule has 0 unspecified atom stereocenters. The standard InChI is InChI=1S/C16H15FN2O2/c1-20-15-4-2-3-12(9-19)16(15)21-10-13-7-11(8-18)5-6-14(13)17/h2-7H,9-10,19H2,1H3. The molecule has 0 amide bonds. The maximum atomic E-state index is 13.7. The lowest BCUT2D eigenvalue weighted by molar-refractivity contribution is 0.276. The van der Waals surface area contributed by atoms with Crippen LogP contribution in [0.25, 0.3) is 0 Å². The number of rotatable bonds is 5. The van der Waals surface area contributed by atoms with E-state index in [9.17, 15) is 4.39 Å². The second-order valence-electron chi connectivity index (χ2n) is 4.36. The lowest BCUT2D eigenvalue weighted by Gasteiger charge is -2.14. The van der Waals surface area contributed by atoms with Crippen molar-refractivity contribution in [2.75, 3.05) is 7.11 Å². The van der Waals surface area contributed by atoms with E-state index in [1.807, 2.05) is 18.2 Å². The summed E-state index contributed by atoms with van der Waals surface area (Å²) < 4.78 is 24.6. The molecule has 4 nitrogen and oxygen atoms in total. The normalized spacial score (nSPS) is 10.0. The largest absolute Gasteiger partial charge is 0.493 e. The molecule has 0 atom stereocenters. The van der Waals surface area contributed by atoms with Crippen LogP contribution in [0.2, 0.25) is 0 Å². The van der Waals surface area contributed by atoms with Crippen LogP contribution in [0.4, 0.5) is 4.39 Å². The Morgan fingerprint density at radius 3 is 2.71 bits per heavy atom. The second-order valence-corrected chi connectivity index (χ2v) is 4.36. The molecular weight excluding hydrogens is 271 g/mol. The zero-order valence-corrected chi connectivity index (χ0v) is 11.6. The fourth-order valence-electron chi connectivity index (χ4n) is 1.95. The first-order chi connectivity index (χ1) is 10.2. The van der Waals surface area contributed by atoms with Crippen LogP contribution >= 0.6 is 0 Å². The Kier molecular flexibility index (Phi) is 4.75. The fourth-order valence-corrected chi connectivity index (χ4v) is 1.95. The van der Waals surface area contributed by atoms with Crippen molar-refractivity contribution in [3.05, 3.63) is 58.9 Å². The van der Waals surface area contributed by atoms with Gasteiger partial charge in [0.1, 0.15) is 12.4 Å². The number of hydrogen-bond donors (Lipinski definition) is 1. The highest BCUT2D eigenvalue weighted by molar-refractivity contribution is 5.46. The van der Waals surface area contributed by atoms with E-state index >= 15 is 0 Å². The molecule has 108 valence electrons. The molecule has 0 aliphatic carbocycles. The molecule has 2 aromatic carbocycles. The third-order valence-electron chi connectivity index (χ3n) is 3.05. The van der Waals surface area contributed by atoms with E-state index < -0.39 is 5.82 Å². The maximum Gasteiger partial charge on any atom is 0.166 e. The quantitative estimate of drug-likeness (QED) is 0.917. The highest BCUT2D eigenvalue weighted by Crippen LogP contribution is 2.31. The molecule has 0 aromatic heterocycles. The van der Waals surface area contributed by atoms with E-state index in [2.05, 4.69) is 0 Å². The lowest BCUT2D eigenvalue weighted by Crippen LogP contribution is -2.05. The molecule has 0 saturated heterocycles. The maximum absolute atomic E-state index is 13.7. The van der Waals surface area contributed by atoms with Gasteiger partial charge in [-0.05, 0) is 24.3 Å². The van der Waals surface area contributed by atoms with Crippen molar-refractivity contribution in [3.8, 4) is 17.6 Å². The zero-order chi connectivity index (χ0) is 15.2. The molecule has 0 fully saturated rings. The van der Waals surface area contributed by atoms with Crippen LogP contribution in [0.1, 0.15) is 16.7 Å². The SMILES string of the molecule is COc1cccc(CN)c1OCc1cc(C#N)ccc1F. The first-order valence-electron chi connectivity index (χ1n) is 6.37. The van der Waals surface area contributed by atoms with Gasteiger partial charge in [-0.15, -0.1) is 0 Å². The molecule has 2 rings (SSSR count). The van der Waals surface area contributed by atoms with Crippen LogP contribution in [-0.4, -0.2) is 7.11 Å². The van der Waals surface area contributed by atoms with E-state index in [0.29, 0.717) is 22.6 Å². The summed E-state index contributed by atoms with van der Waals surface area (Å²) in [5.41, 5.74) is 7.13. The van der Waals surface area contributed by atoms with Gasteiger partial charge in [0.2, 0.25) is 0 Å². The second kappa shape index (κ2) is 6.73. The molecule has 0 saturated carbocycles. The van der Waals surface area contributed by atoms with Crippen molar-refractivity contribution in [1.82, 2.24) is 0 Å². The number of nitrogens with two attached hydrogens (primary N) is 1. The van der Waals surface area contributed by atoms with Crippen LogP contribution < -0.4 is 15.2 Å². The lowest BCUT2D eigenvalue weighted by atomic mass is 10.1. The molecule has 0 bridgehead atoms. The number of benzene rings is 2. The van der Waals surface area contributed by atoms with Gasteiger partial charge in [-0.2, -0.15) is 5.26 Å². The summed E-state index contributed by atoms with van der Waals surface area (Å²) in [6.07, 6.45) is 0. The van der Waals surface area contributed by atoms with Crippen molar-refractivity contribution in [3.63, 3.8) is 0 Å². The van der Waals surface area contributed by atoms with Gasteiger partial charge in [-0.1, -0.05) is 12.1 Å². The molecule has 2 N–H and O–H groups in total. The average molecular weight is 286 g/mol. The summed E-state index contributed by atoms with van der Waals surface area (Å²) in [6, 6.07) is 11.5. The van der Waals surface area contributed by atoms with Gasteiger partial charge >= 0.3 is 0 Å². The number of halogens is 1. The van der Waals surface area contributed by atoms with Gasteiger partial charge in [0.25, 0.3) is 0 Å². The van der Waals surface area contributed by atoms with Crippen LogP contribution in [0.3, 0.4) is 0 Å². The van der Waals surface area contributed by atoms with Crippen molar-refractivity contribution >= 4 is 0 Å². The van der Waals surface area contributed by atoms with Gasteiger partial charge in [-0.3, -0.25) is 0 Å². The minimum Gasteiger partial charge on any atom is -0.493 e. The van der Waals surface area contributed by atoms with Gasteiger partial charge < -0.3 is 15.2 Å². The van der Waals surface area contributed by atoms with E-state index in [-0.39, 0.29) is 13.2 Å². The van der Waals surface area contributed by atoms with Crippen molar-refractivity contribution < 1.29 is 13.9 Å². The van der Waals surface area contributed by atoms with Crippen LogP contribution in [0.5, 0.6) is 11.5 Å². The molecule has 0 heterocycles. The van der Waals surface area contributed by atoms with Gasteiger partial charge in [0.05, 0.1) is 18.7 Å². The Balaban J connectivity index is 2.26. The predicted molar refractivity (Wildman–Crippen MR) is 76.3 cm³/mol. The molecule has 0 radical (unpaired) electrons. The van der Waals surface area contributed by atoms with Crippen LogP contribution in [0.15, 0.2) is 36.4 Å². The fraction of sp³-hybridized carbons (Fsp3) is 0.188. The Hall–Kier alpha value is -2.58. The summed E-state index contributed by atoms with van der Waals surface area (Å²) >= 11 is 0. The minimum absolute atomic E-state index is 0.00523. The van der Waals surface area contributed by atoms with E-state index in [0.717, 1.165) is 5.56 Å². The van der Waals surface area contributed by atoms with Gasteiger partial charge in [0.15, 0.2) is 11.5 Å². The van der Waals surface area contributed by atoms with E-state index in [1.165, 1.54) is 25.3 Å². The number of methoxy groups -OCH3 is 1. The third-order valence-corrected chi connectivity index (χ3v) is 3.05. The average Bonchev–Trinajstić information content (AvgIpc) is 2.53. The number of ether oxygens (including phenoxy) is 2. The predicted octanol–water partition coefficient (Wildman–Crippen LogP) is 2.74. The van der Waals surface area contributed by atoms with Crippen LogP contribution in [0, 0.1) is 17.1 Å². The third kappa shape index (κ3) is 3.30. The van der Waals surface area contributed by atoms with Crippen molar-refractivity contribution in [2.24, 2.45) is 5.73 Å². The summed E-state index contributed by atoms with van der Waals surface area (Å²) in [5.74, 6) is 0.609. The van der Waals surface area contributed by atoms with Crippen molar-refractivity contribution in [2.45, 2.75) is 13.2 Å². The highest BCUT2D eigenvalue weighted by Gasteiger charge is 2.11. The van der Waals surface area contributed by atoms with E-state index in [1.54, 1.807) is 6.07 Å². The Morgan fingerprint density at radius 1 is 1.24 bits per heavy atom. The van der Waals surface area contributed by atoms with Crippen molar-refractivity contribution in [1.29, 1.82) is 5.26 Å². The molecule has 2 aromatic rings. The minimum atomic E-state index is -0.418. The molecule has 0 spiro atoms. The number of nitrogens with zero attached hydrogens (tertiary/aromatic N) is 1. The summed E-state index contributed by atoms with van der Waals surface area (Å²) in [6.45, 7) is 0.280. The summed E-state index contributed by atoms with van der Waals surface area (Å²) in [7, 11) is 1.53. The van der Waals surface area contributed by atoms with Gasteiger partial charge in [-0.25, -0.2) is 4.39 Å². The number of para-hydroxylation sites is 1. The summed E-state index contributed by atoms with van der Waals surface area (Å²) in [5, 5.41) is 8.85. The monoisotopic (exact) mass is 286 g/mol. The Labute approximate surface area is 122 Å². The first kappa shape index (κ1) is 14.8. The Bertz CT molecular complexity index is 658.